The van der Waals surface area contributed by atoms with E-state index < -0.39 is 0 Å². The third kappa shape index (κ3) is 2.56. The number of nitrogens with zero attached hydrogens (tertiary/aromatic N) is 2. The van der Waals surface area contributed by atoms with E-state index in [-0.39, 0.29) is 5.82 Å². The number of fused-ring (bicyclic) bond motifs is 1. The van der Waals surface area contributed by atoms with Crippen molar-refractivity contribution in [2.75, 3.05) is 5.33 Å². The molecule has 0 aliphatic rings. The van der Waals surface area contributed by atoms with E-state index in [1.807, 2.05) is 4.68 Å². The largest absolute Gasteiger partial charge is 0.264 e. The van der Waals surface area contributed by atoms with Crippen LogP contribution in [0.15, 0.2) is 18.2 Å². The standard InChI is InChI=1S/C11H11BrFIN2/c12-5-1-2-6-16-10-4-3-8(13)7-9(10)11(14)15-16/h3-4,7H,1-2,5-6H2. The fourth-order valence-corrected chi connectivity index (χ4v) is 2.73. The Hall–Kier alpha value is -0.170. The second-order valence-corrected chi connectivity index (χ2v) is 5.39. The lowest BCUT2D eigenvalue weighted by Gasteiger charge is -2.01. The quantitative estimate of drug-likeness (QED) is 0.434. The van der Waals surface area contributed by atoms with Gasteiger partial charge in [0.25, 0.3) is 0 Å². The number of rotatable bonds is 4. The Morgan fingerprint density at radius 1 is 1.38 bits per heavy atom. The molecule has 2 rings (SSSR count). The second-order valence-electron chi connectivity index (χ2n) is 3.57. The van der Waals surface area contributed by atoms with Crippen molar-refractivity contribution in [3.8, 4) is 0 Å². The molecule has 0 aliphatic carbocycles. The summed E-state index contributed by atoms with van der Waals surface area (Å²) in [6, 6.07) is 4.83. The minimum absolute atomic E-state index is 0.203. The van der Waals surface area contributed by atoms with Gasteiger partial charge in [-0.25, -0.2) is 4.39 Å². The molecule has 0 N–H and O–H groups in total. The van der Waals surface area contributed by atoms with Gasteiger partial charge in [0.15, 0.2) is 0 Å². The SMILES string of the molecule is Fc1ccc2c(c1)c(I)nn2CCCCBr. The van der Waals surface area contributed by atoms with Crippen molar-refractivity contribution in [1.82, 2.24) is 9.78 Å². The smallest absolute Gasteiger partial charge is 0.131 e. The highest BCUT2D eigenvalue weighted by Gasteiger charge is 2.08. The molecule has 1 heterocycles. The number of aryl methyl sites for hydroxylation is 1. The molecule has 1 aromatic carbocycles. The van der Waals surface area contributed by atoms with E-state index in [2.05, 4.69) is 43.6 Å². The molecule has 86 valence electrons. The Morgan fingerprint density at radius 2 is 2.19 bits per heavy atom. The van der Waals surface area contributed by atoms with Crippen LogP contribution >= 0.6 is 38.5 Å². The van der Waals surface area contributed by atoms with Crippen molar-refractivity contribution >= 4 is 49.4 Å². The predicted molar refractivity (Wildman–Crippen MR) is 75.4 cm³/mol. The number of unbranched alkanes of at least 4 members (excludes halogenated alkanes) is 1. The first-order valence-electron chi connectivity index (χ1n) is 5.10. The molecule has 1 aromatic heterocycles. The fourth-order valence-electron chi connectivity index (χ4n) is 1.64. The van der Waals surface area contributed by atoms with Crippen molar-refractivity contribution in [1.29, 1.82) is 0 Å². The highest BCUT2D eigenvalue weighted by Crippen LogP contribution is 2.21. The van der Waals surface area contributed by atoms with Crippen molar-refractivity contribution < 1.29 is 4.39 Å². The number of halogens is 3. The summed E-state index contributed by atoms with van der Waals surface area (Å²) in [5.74, 6) is -0.203. The van der Waals surface area contributed by atoms with Gasteiger partial charge in [-0.15, -0.1) is 0 Å². The van der Waals surface area contributed by atoms with Crippen LogP contribution in [0.2, 0.25) is 0 Å². The fraction of sp³-hybridized carbons (Fsp3) is 0.364. The molecule has 5 heteroatoms. The number of aromatic nitrogens is 2. The van der Waals surface area contributed by atoms with Crippen LogP contribution in [0, 0.1) is 9.52 Å². The molecule has 2 nitrogen and oxygen atoms in total. The van der Waals surface area contributed by atoms with Crippen LogP contribution in [0.25, 0.3) is 10.9 Å². The van der Waals surface area contributed by atoms with Crippen molar-refractivity contribution in [3.63, 3.8) is 0 Å². The average molecular weight is 397 g/mol. The van der Waals surface area contributed by atoms with E-state index >= 15 is 0 Å². The Balaban J connectivity index is 2.32. The zero-order chi connectivity index (χ0) is 11.5. The second kappa shape index (κ2) is 5.44. The number of benzene rings is 1. The molecule has 16 heavy (non-hydrogen) atoms. The van der Waals surface area contributed by atoms with Crippen LogP contribution in [0.5, 0.6) is 0 Å². The molecule has 0 unspecified atom stereocenters. The van der Waals surface area contributed by atoms with Crippen LogP contribution in [0.4, 0.5) is 4.39 Å². The van der Waals surface area contributed by atoms with Gasteiger partial charge >= 0.3 is 0 Å². The Kier molecular flexibility index (Phi) is 4.18. The van der Waals surface area contributed by atoms with E-state index in [0.29, 0.717) is 0 Å². The molecule has 0 amide bonds. The Morgan fingerprint density at radius 3 is 2.94 bits per heavy atom. The summed E-state index contributed by atoms with van der Waals surface area (Å²) in [5, 5.41) is 6.34. The lowest BCUT2D eigenvalue weighted by Crippen LogP contribution is -2.00. The maximum absolute atomic E-state index is 13.1. The van der Waals surface area contributed by atoms with Gasteiger partial charge in [0, 0.05) is 17.3 Å². The van der Waals surface area contributed by atoms with E-state index in [9.17, 15) is 4.39 Å². The maximum atomic E-state index is 13.1. The highest BCUT2D eigenvalue weighted by atomic mass is 127. The van der Waals surface area contributed by atoms with Crippen LogP contribution in [0.3, 0.4) is 0 Å². The van der Waals surface area contributed by atoms with Crippen molar-refractivity contribution in [2.24, 2.45) is 0 Å². The van der Waals surface area contributed by atoms with Gasteiger partial charge in [-0.2, -0.15) is 5.10 Å². The molecule has 0 radical (unpaired) electrons. The summed E-state index contributed by atoms with van der Waals surface area (Å²) in [4.78, 5) is 0. The molecule has 0 bridgehead atoms. The first-order chi connectivity index (χ1) is 7.72. The Bertz CT molecular complexity index is 498. The summed E-state index contributed by atoms with van der Waals surface area (Å²) in [5.41, 5.74) is 1.01. The Labute approximate surface area is 115 Å². The average Bonchev–Trinajstić information content (AvgIpc) is 2.56. The van der Waals surface area contributed by atoms with E-state index in [1.165, 1.54) is 6.07 Å². The summed E-state index contributed by atoms with van der Waals surface area (Å²) in [7, 11) is 0. The van der Waals surface area contributed by atoms with E-state index in [1.54, 1.807) is 12.1 Å². The molecular weight excluding hydrogens is 386 g/mol. The van der Waals surface area contributed by atoms with E-state index in [0.717, 1.165) is 39.3 Å². The van der Waals surface area contributed by atoms with Gasteiger partial charge < -0.3 is 0 Å². The lowest BCUT2D eigenvalue weighted by atomic mass is 10.2. The zero-order valence-electron chi connectivity index (χ0n) is 8.59. The summed E-state index contributed by atoms with van der Waals surface area (Å²) in [6.45, 7) is 0.886. The summed E-state index contributed by atoms with van der Waals surface area (Å²) < 4.78 is 15.9. The maximum Gasteiger partial charge on any atom is 0.131 e. The third-order valence-electron chi connectivity index (χ3n) is 2.42. The van der Waals surface area contributed by atoms with Gasteiger partial charge in [-0.3, -0.25) is 4.68 Å². The van der Waals surface area contributed by atoms with Gasteiger partial charge in [0.05, 0.1) is 5.52 Å². The normalized spacial score (nSPS) is 11.2. The summed E-state index contributed by atoms with van der Waals surface area (Å²) in [6.07, 6.45) is 2.20. The first kappa shape index (κ1) is 12.3. The van der Waals surface area contributed by atoms with Crippen molar-refractivity contribution in [2.45, 2.75) is 19.4 Å². The lowest BCUT2D eigenvalue weighted by molar-refractivity contribution is 0.587. The molecule has 2 aromatic rings. The topological polar surface area (TPSA) is 17.8 Å². The molecule has 0 aliphatic heterocycles. The van der Waals surface area contributed by atoms with Crippen molar-refractivity contribution in [3.05, 3.63) is 27.7 Å². The molecule has 0 spiro atoms. The van der Waals surface area contributed by atoms with Crippen LogP contribution in [-0.4, -0.2) is 15.1 Å². The monoisotopic (exact) mass is 396 g/mol. The number of hydrogen-bond donors (Lipinski definition) is 0. The predicted octanol–water partition coefficient (Wildman–Crippen LogP) is 3.96. The zero-order valence-corrected chi connectivity index (χ0v) is 12.3. The van der Waals surface area contributed by atoms with E-state index in [4.69, 9.17) is 0 Å². The third-order valence-corrected chi connectivity index (χ3v) is 3.78. The van der Waals surface area contributed by atoms with Crippen LogP contribution in [0.1, 0.15) is 12.8 Å². The minimum Gasteiger partial charge on any atom is -0.264 e. The molecular formula is C11H11BrFIN2. The summed E-state index contributed by atoms with van der Waals surface area (Å²) >= 11 is 5.56. The molecule has 0 saturated heterocycles. The van der Waals surface area contributed by atoms with Crippen LogP contribution < -0.4 is 0 Å². The van der Waals surface area contributed by atoms with Gasteiger partial charge in [0.2, 0.25) is 0 Å². The van der Waals surface area contributed by atoms with Gasteiger partial charge in [0.1, 0.15) is 9.52 Å². The molecule has 0 fully saturated rings. The number of hydrogen-bond acceptors (Lipinski definition) is 1. The van der Waals surface area contributed by atoms with Gasteiger partial charge in [-0.1, -0.05) is 15.9 Å². The molecule has 0 atom stereocenters. The molecule has 0 saturated carbocycles. The first-order valence-corrected chi connectivity index (χ1v) is 7.30. The minimum atomic E-state index is -0.203. The van der Waals surface area contributed by atoms with Gasteiger partial charge in [-0.05, 0) is 53.6 Å². The highest BCUT2D eigenvalue weighted by molar-refractivity contribution is 14.1. The van der Waals surface area contributed by atoms with Crippen LogP contribution in [-0.2, 0) is 6.54 Å². The number of alkyl halides is 1.